The topological polar surface area (TPSA) is 60.2 Å². The Kier molecular flexibility index (Phi) is 4.39. The molecule has 18 heavy (non-hydrogen) atoms. The first kappa shape index (κ1) is 15.0. The summed E-state index contributed by atoms with van der Waals surface area (Å²) in [5.74, 6) is -0.560. The smallest absolute Gasteiger partial charge is 0.330 e. The van der Waals surface area contributed by atoms with Crippen molar-refractivity contribution in [1.29, 1.82) is 0 Å². The molecule has 0 aliphatic rings. The highest BCUT2D eigenvalue weighted by atomic mass is 32.2. The molecule has 0 heterocycles. The van der Waals surface area contributed by atoms with Crippen molar-refractivity contribution in [2.75, 3.05) is 12.3 Å². The third-order valence-corrected chi connectivity index (χ3v) is 4.41. The van der Waals surface area contributed by atoms with Crippen molar-refractivity contribution in [3.63, 3.8) is 0 Å². The molecule has 1 atom stereocenters. The Hall–Kier alpha value is -1.08. The molecule has 0 saturated carbocycles. The van der Waals surface area contributed by atoms with E-state index in [0.717, 1.165) is 18.2 Å². The Balaban J connectivity index is 3.11. The van der Waals surface area contributed by atoms with E-state index in [9.17, 15) is 21.6 Å². The van der Waals surface area contributed by atoms with Gasteiger partial charge in [0, 0.05) is 0 Å². The summed E-state index contributed by atoms with van der Waals surface area (Å²) in [7, 11) is -3.73. The van der Waals surface area contributed by atoms with Crippen molar-refractivity contribution in [2.24, 2.45) is 11.7 Å². The molecule has 1 aromatic rings. The molecule has 0 spiro atoms. The van der Waals surface area contributed by atoms with Gasteiger partial charge in [0.2, 0.25) is 0 Å². The molecule has 0 radical (unpaired) electrons. The van der Waals surface area contributed by atoms with Gasteiger partial charge in [0.15, 0.2) is 9.84 Å². The lowest BCUT2D eigenvalue weighted by molar-refractivity contribution is -0.137. The molecule has 3 nitrogen and oxygen atoms in total. The van der Waals surface area contributed by atoms with Crippen molar-refractivity contribution < 1.29 is 21.6 Å². The minimum absolute atomic E-state index is 0.165. The van der Waals surface area contributed by atoms with Crippen LogP contribution in [0.4, 0.5) is 13.2 Å². The fourth-order valence-electron chi connectivity index (χ4n) is 1.40. The first-order chi connectivity index (χ1) is 8.16. The van der Waals surface area contributed by atoms with Crippen molar-refractivity contribution in [2.45, 2.75) is 18.0 Å². The molecular weight excluding hydrogens is 267 g/mol. The van der Waals surface area contributed by atoms with Crippen LogP contribution in [0.15, 0.2) is 29.2 Å². The molecule has 0 amide bonds. The highest BCUT2D eigenvalue weighted by molar-refractivity contribution is 7.91. The van der Waals surface area contributed by atoms with Gasteiger partial charge in [-0.15, -0.1) is 0 Å². The van der Waals surface area contributed by atoms with Gasteiger partial charge in [-0.1, -0.05) is 13.0 Å². The van der Waals surface area contributed by atoms with Crippen LogP contribution in [0.25, 0.3) is 0 Å². The molecule has 1 rings (SSSR count). The zero-order valence-electron chi connectivity index (χ0n) is 9.74. The van der Waals surface area contributed by atoms with E-state index in [1.54, 1.807) is 6.92 Å². The highest BCUT2D eigenvalue weighted by Gasteiger charge is 2.31. The van der Waals surface area contributed by atoms with E-state index < -0.39 is 21.6 Å². The van der Waals surface area contributed by atoms with Gasteiger partial charge in [0.25, 0.3) is 0 Å². The zero-order valence-corrected chi connectivity index (χ0v) is 10.6. The molecule has 1 aromatic carbocycles. The van der Waals surface area contributed by atoms with E-state index in [-0.39, 0.29) is 23.1 Å². The molecule has 0 bridgehead atoms. The number of sulfone groups is 1. The van der Waals surface area contributed by atoms with Crippen LogP contribution in [0.2, 0.25) is 0 Å². The van der Waals surface area contributed by atoms with Crippen LogP contribution in [0, 0.1) is 5.92 Å². The second kappa shape index (κ2) is 5.27. The van der Waals surface area contributed by atoms with Crippen molar-refractivity contribution in [3.05, 3.63) is 29.8 Å². The predicted molar refractivity (Wildman–Crippen MR) is 61.7 cm³/mol. The van der Waals surface area contributed by atoms with Crippen molar-refractivity contribution in [1.82, 2.24) is 0 Å². The molecule has 0 saturated heterocycles. The fourth-order valence-corrected chi connectivity index (χ4v) is 3.07. The zero-order chi connectivity index (χ0) is 14.0. The minimum atomic E-state index is -4.55. The van der Waals surface area contributed by atoms with Crippen molar-refractivity contribution >= 4 is 9.84 Å². The molecule has 0 fully saturated rings. The van der Waals surface area contributed by atoms with Gasteiger partial charge in [0.05, 0.1) is 16.2 Å². The summed E-state index contributed by atoms with van der Waals surface area (Å²) >= 11 is 0. The molecule has 102 valence electrons. The molecule has 0 aromatic heterocycles. The maximum Gasteiger partial charge on any atom is 0.416 e. The Labute approximate surface area is 104 Å². The number of halogens is 3. The number of rotatable bonds is 4. The van der Waals surface area contributed by atoms with Gasteiger partial charge >= 0.3 is 6.18 Å². The molecule has 1 unspecified atom stereocenters. The van der Waals surface area contributed by atoms with E-state index in [0.29, 0.717) is 6.07 Å². The van der Waals surface area contributed by atoms with Gasteiger partial charge in [0.1, 0.15) is 0 Å². The maximum atomic E-state index is 12.5. The third kappa shape index (κ3) is 3.71. The minimum Gasteiger partial charge on any atom is -0.330 e. The van der Waals surface area contributed by atoms with Crippen LogP contribution < -0.4 is 5.73 Å². The highest BCUT2D eigenvalue weighted by Crippen LogP contribution is 2.30. The SMILES string of the molecule is CC(CN)CS(=O)(=O)c1cccc(C(F)(F)F)c1. The van der Waals surface area contributed by atoms with Crippen LogP contribution in [-0.2, 0) is 16.0 Å². The van der Waals surface area contributed by atoms with Crippen LogP contribution in [0.5, 0.6) is 0 Å². The number of nitrogens with two attached hydrogens (primary N) is 1. The molecule has 0 aliphatic heterocycles. The van der Waals surface area contributed by atoms with Gasteiger partial charge in [-0.3, -0.25) is 0 Å². The van der Waals surface area contributed by atoms with Crippen LogP contribution in [0.3, 0.4) is 0 Å². The summed E-state index contributed by atoms with van der Waals surface area (Å²) < 4.78 is 61.1. The van der Waals surface area contributed by atoms with Gasteiger partial charge < -0.3 is 5.73 Å². The maximum absolute atomic E-state index is 12.5. The van der Waals surface area contributed by atoms with Gasteiger partial charge in [-0.2, -0.15) is 13.2 Å². The van der Waals surface area contributed by atoms with Gasteiger partial charge in [-0.25, -0.2) is 8.42 Å². The molecule has 2 N–H and O–H groups in total. The average Bonchev–Trinajstić information content (AvgIpc) is 2.27. The quantitative estimate of drug-likeness (QED) is 0.919. The summed E-state index contributed by atoms with van der Waals surface area (Å²) in [5.41, 5.74) is 4.34. The first-order valence-electron chi connectivity index (χ1n) is 5.27. The van der Waals surface area contributed by atoms with Crippen LogP contribution >= 0.6 is 0 Å². The first-order valence-corrected chi connectivity index (χ1v) is 6.92. The number of hydrogen-bond acceptors (Lipinski definition) is 3. The Morgan fingerprint density at radius 1 is 1.33 bits per heavy atom. The van der Waals surface area contributed by atoms with Crippen molar-refractivity contribution in [3.8, 4) is 0 Å². The summed E-state index contributed by atoms with van der Waals surface area (Å²) in [6.07, 6.45) is -4.55. The molecule has 0 aliphatic carbocycles. The number of benzene rings is 1. The van der Waals surface area contributed by atoms with Crippen LogP contribution in [-0.4, -0.2) is 20.7 Å². The summed E-state index contributed by atoms with van der Waals surface area (Å²) in [5, 5.41) is 0. The Morgan fingerprint density at radius 2 is 1.94 bits per heavy atom. The standard InChI is InChI=1S/C11H14F3NO2S/c1-8(6-15)7-18(16,17)10-4-2-3-9(5-10)11(12,13)14/h2-5,8H,6-7,15H2,1H3. The van der Waals surface area contributed by atoms with E-state index in [1.165, 1.54) is 0 Å². The summed E-state index contributed by atoms with van der Waals surface area (Å²) in [6, 6.07) is 3.74. The lowest BCUT2D eigenvalue weighted by atomic mass is 10.2. The van der Waals surface area contributed by atoms with E-state index in [4.69, 9.17) is 5.73 Å². The predicted octanol–water partition coefficient (Wildman–Crippen LogP) is 2.07. The van der Waals surface area contributed by atoms with E-state index >= 15 is 0 Å². The number of alkyl halides is 3. The third-order valence-electron chi connectivity index (χ3n) is 2.43. The fraction of sp³-hybridized carbons (Fsp3) is 0.455. The van der Waals surface area contributed by atoms with E-state index in [1.807, 2.05) is 0 Å². The Bertz CT molecular complexity index is 511. The number of hydrogen-bond donors (Lipinski definition) is 1. The second-order valence-corrected chi connectivity index (χ2v) is 6.18. The average molecular weight is 281 g/mol. The molecule has 7 heteroatoms. The lowest BCUT2D eigenvalue weighted by Gasteiger charge is -2.11. The monoisotopic (exact) mass is 281 g/mol. The lowest BCUT2D eigenvalue weighted by Crippen LogP contribution is -2.21. The van der Waals surface area contributed by atoms with Gasteiger partial charge in [-0.05, 0) is 30.7 Å². The second-order valence-electron chi connectivity index (χ2n) is 4.15. The summed E-state index contributed by atoms with van der Waals surface area (Å²) in [6.45, 7) is 1.79. The summed E-state index contributed by atoms with van der Waals surface area (Å²) in [4.78, 5) is -0.322. The van der Waals surface area contributed by atoms with E-state index in [2.05, 4.69) is 0 Å². The normalized spacial score (nSPS) is 14.5. The largest absolute Gasteiger partial charge is 0.416 e. The van der Waals surface area contributed by atoms with Crippen LogP contribution in [0.1, 0.15) is 12.5 Å². The molecular formula is C11H14F3NO2S. The Morgan fingerprint density at radius 3 is 2.44 bits per heavy atom.